The van der Waals surface area contributed by atoms with E-state index in [1.807, 2.05) is 52.0 Å². The Morgan fingerprint density at radius 2 is 1.50 bits per heavy atom. The highest BCUT2D eigenvalue weighted by atomic mass is 16.7. The van der Waals surface area contributed by atoms with Crippen LogP contribution >= 0.6 is 0 Å². The minimum Gasteiger partial charge on any atom is -0.399 e. The summed E-state index contributed by atoms with van der Waals surface area (Å²) >= 11 is 0. The first-order valence-electron chi connectivity index (χ1n) is 11.6. The molecule has 0 radical (unpaired) electrons. The quantitative estimate of drug-likeness (QED) is 0.394. The minimum absolute atomic E-state index is 0.0106. The molecular formula is C24H40BNO4. The highest BCUT2D eigenvalue weighted by Crippen LogP contribution is 2.36. The number of unbranched alkanes of at least 4 members (excludes halogenated alkanes) is 6. The molecule has 6 heteroatoms. The summed E-state index contributed by atoms with van der Waals surface area (Å²) in [6, 6.07) is 7.57. The Morgan fingerprint density at radius 3 is 2.07 bits per heavy atom. The number of hydrogen-bond donors (Lipinski definition) is 2. The van der Waals surface area contributed by atoms with Crippen LogP contribution in [0.3, 0.4) is 0 Å². The third kappa shape index (κ3) is 7.10. The maximum atomic E-state index is 12.0. The van der Waals surface area contributed by atoms with Crippen molar-refractivity contribution in [1.29, 1.82) is 0 Å². The summed E-state index contributed by atoms with van der Waals surface area (Å²) in [6.45, 7) is 10.6. The molecule has 1 aliphatic rings. The fraction of sp³-hybridized carbons (Fsp3) is 0.708. The van der Waals surface area contributed by atoms with Gasteiger partial charge in [0.25, 0.3) is 0 Å². The number of aliphatic hydroxyl groups is 1. The third-order valence-corrected chi connectivity index (χ3v) is 6.35. The summed E-state index contributed by atoms with van der Waals surface area (Å²) in [5.74, 6) is 0.0106. The van der Waals surface area contributed by atoms with Gasteiger partial charge in [0.15, 0.2) is 0 Å². The van der Waals surface area contributed by atoms with Crippen LogP contribution < -0.4 is 10.8 Å². The zero-order chi connectivity index (χ0) is 22.2. The highest BCUT2D eigenvalue weighted by Gasteiger charge is 2.51. The molecule has 0 aliphatic carbocycles. The van der Waals surface area contributed by atoms with Gasteiger partial charge in [-0.05, 0) is 45.1 Å². The Hall–Kier alpha value is -1.37. The zero-order valence-corrected chi connectivity index (χ0v) is 19.5. The first kappa shape index (κ1) is 24.9. The Labute approximate surface area is 183 Å². The van der Waals surface area contributed by atoms with Gasteiger partial charge in [0, 0.05) is 13.0 Å². The highest BCUT2D eigenvalue weighted by molar-refractivity contribution is 6.62. The maximum absolute atomic E-state index is 12.0. The molecule has 5 nitrogen and oxygen atoms in total. The fourth-order valence-electron chi connectivity index (χ4n) is 3.51. The Morgan fingerprint density at radius 1 is 0.967 bits per heavy atom. The molecule has 30 heavy (non-hydrogen) atoms. The molecule has 0 spiro atoms. The standard InChI is InChI=1S/C24H40BNO4/c1-6-7-8-9-10-11-12-13-22(28)26-18-21(27)19-14-16-20(17-15-19)25-29-23(2,3)24(4,5)30-25/h14-17,21,27H,6-13,18H2,1-5H3,(H,26,28). The summed E-state index contributed by atoms with van der Waals surface area (Å²) in [6.07, 6.45) is 8.12. The van der Waals surface area contributed by atoms with E-state index in [0.29, 0.717) is 6.42 Å². The molecule has 0 saturated carbocycles. The van der Waals surface area contributed by atoms with Gasteiger partial charge in [-0.25, -0.2) is 0 Å². The number of hydrogen-bond acceptors (Lipinski definition) is 4. The lowest BCUT2D eigenvalue weighted by molar-refractivity contribution is -0.121. The van der Waals surface area contributed by atoms with E-state index >= 15 is 0 Å². The van der Waals surface area contributed by atoms with Gasteiger partial charge in [-0.2, -0.15) is 0 Å². The first-order chi connectivity index (χ1) is 14.2. The lowest BCUT2D eigenvalue weighted by atomic mass is 9.78. The predicted molar refractivity (Wildman–Crippen MR) is 123 cm³/mol. The summed E-state index contributed by atoms with van der Waals surface area (Å²) in [7, 11) is -0.414. The minimum atomic E-state index is -0.727. The van der Waals surface area contributed by atoms with Gasteiger partial charge in [0.2, 0.25) is 5.91 Å². The lowest BCUT2D eigenvalue weighted by Crippen LogP contribution is -2.41. The molecule has 1 unspecified atom stereocenters. The normalized spacial score (nSPS) is 18.4. The smallest absolute Gasteiger partial charge is 0.399 e. The van der Waals surface area contributed by atoms with Gasteiger partial charge in [0.05, 0.1) is 17.3 Å². The predicted octanol–water partition coefficient (Wildman–Crippen LogP) is 4.28. The molecule has 1 fully saturated rings. The number of nitrogens with one attached hydrogen (secondary N) is 1. The Kier molecular flexibility index (Phi) is 9.39. The van der Waals surface area contributed by atoms with Crippen molar-refractivity contribution >= 4 is 18.5 Å². The number of rotatable bonds is 12. The second kappa shape index (κ2) is 11.3. The van der Waals surface area contributed by atoms with Crippen LogP contribution in [-0.2, 0) is 14.1 Å². The maximum Gasteiger partial charge on any atom is 0.494 e. The number of benzene rings is 1. The molecule has 168 valence electrons. The van der Waals surface area contributed by atoms with Crippen molar-refractivity contribution in [3.63, 3.8) is 0 Å². The van der Waals surface area contributed by atoms with Crippen LogP contribution in [0.15, 0.2) is 24.3 Å². The molecule has 1 atom stereocenters. The van der Waals surface area contributed by atoms with Crippen LogP contribution in [0.2, 0.25) is 0 Å². The SMILES string of the molecule is CCCCCCCCCC(=O)NCC(O)c1ccc(B2OC(C)(C)C(C)(C)O2)cc1. The van der Waals surface area contributed by atoms with Crippen LogP contribution in [0.4, 0.5) is 0 Å². The van der Waals surface area contributed by atoms with Crippen molar-refractivity contribution < 1.29 is 19.2 Å². The van der Waals surface area contributed by atoms with Crippen molar-refractivity contribution in [2.45, 2.75) is 103 Å². The summed E-state index contributed by atoms with van der Waals surface area (Å²) in [5, 5.41) is 13.3. The van der Waals surface area contributed by atoms with E-state index in [4.69, 9.17) is 9.31 Å². The van der Waals surface area contributed by atoms with Gasteiger partial charge >= 0.3 is 7.12 Å². The summed E-state index contributed by atoms with van der Waals surface area (Å²) < 4.78 is 12.1. The van der Waals surface area contributed by atoms with Gasteiger partial charge < -0.3 is 19.7 Å². The van der Waals surface area contributed by atoms with Crippen LogP contribution in [0.1, 0.15) is 97.7 Å². The second-order valence-corrected chi connectivity index (χ2v) is 9.45. The van der Waals surface area contributed by atoms with Crippen LogP contribution in [0.25, 0.3) is 0 Å². The Bertz CT molecular complexity index is 644. The van der Waals surface area contributed by atoms with Crippen LogP contribution in [0.5, 0.6) is 0 Å². The van der Waals surface area contributed by atoms with Gasteiger partial charge in [-0.15, -0.1) is 0 Å². The monoisotopic (exact) mass is 417 g/mol. The summed E-state index contributed by atoms with van der Waals surface area (Å²) in [4.78, 5) is 12.0. The molecule has 2 N–H and O–H groups in total. The average Bonchev–Trinajstić information content (AvgIpc) is 2.92. The topological polar surface area (TPSA) is 67.8 Å². The van der Waals surface area contributed by atoms with Gasteiger partial charge in [0.1, 0.15) is 0 Å². The van der Waals surface area contributed by atoms with Crippen LogP contribution in [0, 0.1) is 0 Å². The van der Waals surface area contributed by atoms with E-state index in [-0.39, 0.29) is 23.7 Å². The van der Waals surface area contributed by atoms with E-state index in [9.17, 15) is 9.90 Å². The number of amides is 1. The molecule has 1 aromatic rings. The Balaban J connectivity index is 1.71. The van der Waals surface area contributed by atoms with Crippen molar-refractivity contribution in [1.82, 2.24) is 5.32 Å². The third-order valence-electron chi connectivity index (χ3n) is 6.35. The average molecular weight is 417 g/mol. The van der Waals surface area contributed by atoms with Crippen molar-refractivity contribution in [2.75, 3.05) is 6.54 Å². The molecular weight excluding hydrogens is 377 g/mol. The molecule has 1 heterocycles. The van der Waals surface area contributed by atoms with Crippen LogP contribution in [-0.4, -0.2) is 35.9 Å². The van der Waals surface area contributed by atoms with E-state index in [2.05, 4.69) is 12.2 Å². The van der Waals surface area contributed by atoms with Crippen molar-refractivity contribution in [3.05, 3.63) is 29.8 Å². The number of carbonyl (C=O) groups excluding carboxylic acids is 1. The van der Waals surface area contributed by atoms with E-state index < -0.39 is 13.2 Å². The summed E-state index contributed by atoms with van der Waals surface area (Å²) in [5.41, 5.74) is 0.935. The zero-order valence-electron chi connectivity index (χ0n) is 19.5. The van der Waals surface area contributed by atoms with E-state index in [1.54, 1.807) is 0 Å². The van der Waals surface area contributed by atoms with E-state index in [1.165, 1.54) is 32.1 Å². The molecule has 1 aliphatic heterocycles. The molecule has 1 amide bonds. The molecule has 2 rings (SSSR count). The number of carbonyl (C=O) groups is 1. The second-order valence-electron chi connectivity index (χ2n) is 9.45. The lowest BCUT2D eigenvalue weighted by Gasteiger charge is -2.32. The van der Waals surface area contributed by atoms with Crippen molar-refractivity contribution in [3.8, 4) is 0 Å². The van der Waals surface area contributed by atoms with Gasteiger partial charge in [-0.3, -0.25) is 4.79 Å². The van der Waals surface area contributed by atoms with Gasteiger partial charge in [-0.1, -0.05) is 69.7 Å². The molecule has 0 aromatic heterocycles. The molecule has 1 aromatic carbocycles. The van der Waals surface area contributed by atoms with Crippen molar-refractivity contribution in [2.24, 2.45) is 0 Å². The van der Waals surface area contributed by atoms with E-state index in [0.717, 1.165) is 23.9 Å². The molecule has 1 saturated heterocycles. The fourth-order valence-corrected chi connectivity index (χ4v) is 3.51. The first-order valence-corrected chi connectivity index (χ1v) is 11.6. The molecule has 0 bridgehead atoms. The largest absolute Gasteiger partial charge is 0.494 e. The number of aliphatic hydroxyl groups excluding tert-OH is 1.